The van der Waals surface area contributed by atoms with Gasteiger partial charge in [0.2, 0.25) is 0 Å². The number of allylic oxidation sites excluding steroid dienone is 2. The van der Waals surface area contributed by atoms with Crippen LogP contribution in [0.3, 0.4) is 0 Å². The summed E-state index contributed by atoms with van der Waals surface area (Å²) < 4.78 is 5.06. The van der Waals surface area contributed by atoms with E-state index in [0.717, 1.165) is 19.4 Å². The van der Waals surface area contributed by atoms with Gasteiger partial charge >= 0.3 is 32.7 Å². The van der Waals surface area contributed by atoms with Gasteiger partial charge in [0, 0.05) is 39.3 Å². The Morgan fingerprint density at radius 1 is 1.46 bits per heavy atom. The van der Waals surface area contributed by atoms with Crippen molar-refractivity contribution >= 4 is 0 Å². The Morgan fingerprint density at radius 2 is 2.00 bits per heavy atom. The molecule has 0 bridgehead atoms. The first-order valence-electron chi connectivity index (χ1n) is 3.71. The second-order valence-corrected chi connectivity index (χ2v) is 2.24. The van der Waals surface area contributed by atoms with Crippen molar-refractivity contribution in [1.82, 2.24) is 0 Å². The van der Waals surface area contributed by atoms with E-state index in [1.807, 2.05) is 13.8 Å². The van der Waals surface area contributed by atoms with Gasteiger partial charge in [-0.15, -0.1) is 0 Å². The van der Waals surface area contributed by atoms with Gasteiger partial charge in [-0.25, -0.2) is 6.61 Å². The molecule has 0 rings (SSSR count). The van der Waals surface area contributed by atoms with Gasteiger partial charge in [-0.2, -0.15) is 13.8 Å². The molecule has 0 N–H and O–H groups in total. The molecule has 0 spiro atoms. The third-order valence-electron chi connectivity index (χ3n) is 1.41. The van der Waals surface area contributed by atoms with E-state index in [0.29, 0.717) is 0 Å². The Labute approximate surface area is 134 Å². The summed E-state index contributed by atoms with van der Waals surface area (Å²) in [6, 6.07) is 0. The molecule has 71 valence electrons. The molecular weight excluding hydrogens is 314 g/mol. The monoisotopic (exact) mass is 333 g/mol. The number of rotatable bonds is 5. The summed E-state index contributed by atoms with van der Waals surface area (Å²) in [5, 5.41) is 0. The van der Waals surface area contributed by atoms with E-state index in [-0.39, 0.29) is 72.8 Å². The van der Waals surface area contributed by atoms with Crippen LogP contribution < -0.4 is 0 Å². The zero-order chi connectivity index (χ0) is 7.82. The molecule has 0 aromatic heterocycles. The van der Waals surface area contributed by atoms with Crippen molar-refractivity contribution in [2.45, 2.75) is 33.6 Å². The summed E-state index contributed by atoms with van der Waals surface area (Å²) in [6.45, 7) is 8.50. The van der Waals surface area contributed by atoms with Crippen LogP contribution in [0.2, 0.25) is 0 Å². The minimum absolute atomic E-state index is 0. The molecule has 0 saturated heterocycles. The first kappa shape index (κ1) is 24.2. The molecule has 0 aliphatic rings. The van der Waals surface area contributed by atoms with Crippen LogP contribution in [0.15, 0.2) is 5.57 Å². The molecule has 0 atom stereocenters. The molecular formula is C10H19OY2. The minimum atomic E-state index is 0. The first-order valence-corrected chi connectivity index (χ1v) is 3.71. The van der Waals surface area contributed by atoms with Gasteiger partial charge in [0.1, 0.15) is 0 Å². The van der Waals surface area contributed by atoms with Gasteiger partial charge in [-0.1, -0.05) is 13.3 Å². The van der Waals surface area contributed by atoms with Crippen molar-refractivity contribution in [3.05, 3.63) is 25.7 Å². The molecule has 1 nitrogen and oxygen atoms in total. The quantitative estimate of drug-likeness (QED) is 0.555. The van der Waals surface area contributed by atoms with Gasteiger partial charge in [-0.3, -0.25) is 5.57 Å². The zero-order valence-electron chi connectivity index (χ0n) is 9.26. The third-order valence-corrected chi connectivity index (χ3v) is 1.41. The average Bonchev–Trinajstić information content (AvgIpc) is 1.98. The van der Waals surface area contributed by atoms with E-state index in [2.05, 4.69) is 13.0 Å². The van der Waals surface area contributed by atoms with Crippen molar-refractivity contribution in [2.75, 3.05) is 6.61 Å². The smallest absolute Gasteiger partial charge is 0.552 e. The maximum absolute atomic E-state index is 5.06. The molecule has 0 aromatic carbocycles. The van der Waals surface area contributed by atoms with Crippen LogP contribution in [0.1, 0.15) is 33.6 Å². The van der Waals surface area contributed by atoms with Crippen LogP contribution in [-0.4, -0.2) is 6.61 Å². The number of hydrogen-bond acceptors (Lipinski definition) is 1. The van der Waals surface area contributed by atoms with E-state index >= 15 is 0 Å². The Bertz CT molecular complexity index is 103. The van der Waals surface area contributed by atoms with Gasteiger partial charge < -0.3 is 18.2 Å². The van der Waals surface area contributed by atoms with Crippen LogP contribution in [0.5, 0.6) is 0 Å². The first-order chi connectivity index (χ1) is 4.81. The largest absolute Gasteiger partial charge is 3.00 e. The summed E-state index contributed by atoms with van der Waals surface area (Å²) >= 11 is 0. The summed E-state index contributed by atoms with van der Waals surface area (Å²) in [7, 11) is 0. The molecule has 0 saturated carbocycles. The van der Waals surface area contributed by atoms with Gasteiger partial charge in [0.25, 0.3) is 0 Å². The van der Waals surface area contributed by atoms with Gasteiger partial charge in [-0.05, 0) is 6.42 Å². The molecule has 13 heavy (non-hydrogen) atoms. The molecule has 0 heterocycles. The molecule has 0 fully saturated rings. The molecule has 0 aromatic rings. The second kappa shape index (κ2) is 19.5. The summed E-state index contributed by atoms with van der Waals surface area (Å²) in [6.07, 6.45) is 5.29. The molecule has 1 radical (unpaired) electrons. The molecule has 0 aliphatic heterocycles. The van der Waals surface area contributed by atoms with E-state index in [1.54, 1.807) is 6.61 Å². The van der Waals surface area contributed by atoms with Crippen LogP contribution in [0.25, 0.3) is 0 Å². The van der Waals surface area contributed by atoms with Crippen LogP contribution >= 0.6 is 0 Å². The molecule has 0 aliphatic carbocycles. The average molecular weight is 333 g/mol. The standard InChI is InChI=1S/C9H16O.CH3.2Y/c1-4-9(3)7-6-8-10-5-2;;;/h5H,6-8H2,1-3H3;1H3;;/q-2;-1;;+3. The van der Waals surface area contributed by atoms with Crippen LogP contribution in [0.4, 0.5) is 0 Å². The summed E-state index contributed by atoms with van der Waals surface area (Å²) in [5.74, 6) is 0. The zero-order valence-corrected chi connectivity index (χ0v) is 14.9. The molecule has 0 unspecified atom stereocenters. The van der Waals surface area contributed by atoms with E-state index < -0.39 is 0 Å². The molecule has 3 heteroatoms. The fraction of sp³-hybridized carbons (Fsp3) is 0.600. The van der Waals surface area contributed by atoms with Crippen molar-refractivity contribution in [2.24, 2.45) is 0 Å². The van der Waals surface area contributed by atoms with Gasteiger partial charge in [0.05, 0.1) is 0 Å². The number of ether oxygens (including phenoxy) is 1. The third kappa shape index (κ3) is 20.1. The fourth-order valence-electron chi connectivity index (χ4n) is 0.664. The Kier molecular flexibility index (Phi) is 36.3. The Hall–Kier alpha value is 1.91. The topological polar surface area (TPSA) is 9.23 Å². The van der Waals surface area contributed by atoms with Crippen molar-refractivity contribution in [3.63, 3.8) is 0 Å². The molecule has 0 amide bonds. The minimum Gasteiger partial charge on any atom is -0.552 e. The second-order valence-electron chi connectivity index (χ2n) is 2.24. The number of hydrogen-bond donors (Lipinski definition) is 0. The van der Waals surface area contributed by atoms with E-state index in [1.165, 1.54) is 5.57 Å². The van der Waals surface area contributed by atoms with Crippen LogP contribution in [-0.2, 0) is 70.2 Å². The summed E-state index contributed by atoms with van der Waals surface area (Å²) in [4.78, 5) is 0. The van der Waals surface area contributed by atoms with Gasteiger partial charge in [0.15, 0.2) is 0 Å². The SMILES string of the molecule is C[C-]=C(C)CCCO[CH-]C.[CH3-].[Y+3].[Y]. The van der Waals surface area contributed by atoms with Crippen molar-refractivity contribution < 1.29 is 70.2 Å². The maximum atomic E-state index is 5.06. The Morgan fingerprint density at radius 3 is 2.38 bits per heavy atom. The predicted octanol–water partition coefficient (Wildman–Crippen LogP) is 3.18. The normalized spacial score (nSPS) is 9.31. The van der Waals surface area contributed by atoms with Crippen molar-refractivity contribution in [3.8, 4) is 0 Å². The van der Waals surface area contributed by atoms with Crippen molar-refractivity contribution in [1.29, 1.82) is 0 Å². The maximum Gasteiger partial charge on any atom is 3.00 e. The fourth-order valence-corrected chi connectivity index (χ4v) is 0.664. The van der Waals surface area contributed by atoms with E-state index in [9.17, 15) is 0 Å². The summed E-state index contributed by atoms with van der Waals surface area (Å²) in [5.41, 5.74) is 1.32. The predicted molar refractivity (Wildman–Crippen MR) is 49.7 cm³/mol. The Balaban J connectivity index is -0.000000135. The van der Waals surface area contributed by atoms with E-state index in [4.69, 9.17) is 4.74 Å². The van der Waals surface area contributed by atoms with Crippen LogP contribution in [0, 0.1) is 20.1 Å².